The van der Waals surface area contributed by atoms with Gasteiger partial charge in [-0.05, 0) is 98.6 Å². The summed E-state index contributed by atoms with van der Waals surface area (Å²) in [6.45, 7) is 4.12. The lowest BCUT2D eigenvalue weighted by atomic mass is 9.99. The summed E-state index contributed by atoms with van der Waals surface area (Å²) in [5.74, 6) is 0.426. The van der Waals surface area contributed by atoms with Crippen molar-refractivity contribution in [3.05, 3.63) is 84.2 Å². The fraction of sp³-hybridized carbons (Fsp3) is 0.387. The zero-order valence-electron chi connectivity index (χ0n) is 25.9. The minimum Gasteiger partial charge on any atom is -0.457 e. The van der Waals surface area contributed by atoms with Crippen LogP contribution >= 0.6 is 12.4 Å². The molecule has 46 heavy (non-hydrogen) atoms. The SMILES string of the molecule is CCC(NS(C)(=O)=O)C(NC1CCN(Cc2ccc(Oc3ccc(NS(C)(=O)=O)cc3)cc2)CC1)C(=O)Nc1ccc(F)cc1.Cl. The number of ether oxygens (including phenoxy) is 1. The highest BCUT2D eigenvalue weighted by Gasteiger charge is 2.32. The molecule has 2 atom stereocenters. The molecule has 1 fully saturated rings. The summed E-state index contributed by atoms with van der Waals surface area (Å²) >= 11 is 0. The average molecular weight is 698 g/mol. The standard InChI is InChI=1S/C31H40FN5O6S2.ClH/c1-4-29(36-45(3,41)42)30(31(38)34-24-9-7-23(32)8-10-24)33-25-17-19-37(20-18-25)21-22-5-13-27(14-6-22)43-28-15-11-26(12-16-28)35-44(2,39)40;/h5-16,25,29-30,33,35-36H,4,17-21H2,1-3H3,(H,34,38);1H. The third kappa shape index (κ3) is 12.2. The van der Waals surface area contributed by atoms with Crippen LogP contribution in [0.5, 0.6) is 11.5 Å². The Kier molecular flexibility index (Phi) is 13.4. The van der Waals surface area contributed by atoms with Crippen molar-refractivity contribution in [1.82, 2.24) is 14.9 Å². The highest BCUT2D eigenvalue weighted by Crippen LogP contribution is 2.25. The second kappa shape index (κ2) is 16.5. The Bertz CT molecular complexity index is 1640. The van der Waals surface area contributed by atoms with Crippen LogP contribution in [0.25, 0.3) is 0 Å². The normalized spacial score (nSPS) is 15.7. The second-order valence-electron chi connectivity index (χ2n) is 11.2. The van der Waals surface area contributed by atoms with Crippen molar-refractivity contribution in [2.24, 2.45) is 0 Å². The third-order valence-electron chi connectivity index (χ3n) is 7.33. The quantitative estimate of drug-likeness (QED) is 0.195. The molecule has 4 N–H and O–H groups in total. The second-order valence-corrected chi connectivity index (χ2v) is 14.8. The van der Waals surface area contributed by atoms with E-state index in [0.717, 1.165) is 50.6 Å². The molecule has 0 radical (unpaired) electrons. The fourth-order valence-electron chi connectivity index (χ4n) is 5.16. The first-order valence-corrected chi connectivity index (χ1v) is 18.4. The van der Waals surface area contributed by atoms with Crippen molar-refractivity contribution in [3.8, 4) is 11.5 Å². The molecule has 1 amide bonds. The number of nitrogens with zero attached hydrogens (tertiary/aromatic N) is 1. The lowest BCUT2D eigenvalue weighted by molar-refractivity contribution is -0.119. The number of likely N-dealkylation sites (tertiary alicyclic amines) is 1. The number of hydrogen-bond donors (Lipinski definition) is 4. The summed E-state index contributed by atoms with van der Waals surface area (Å²) in [6.07, 6.45) is 4.09. The van der Waals surface area contributed by atoms with Crippen LogP contribution in [-0.4, -0.2) is 71.4 Å². The molecule has 1 saturated heterocycles. The van der Waals surface area contributed by atoms with Crippen molar-refractivity contribution in [2.45, 2.75) is 50.9 Å². The first-order valence-electron chi connectivity index (χ1n) is 14.6. The molecular formula is C31H41ClFN5O6S2. The molecule has 0 saturated carbocycles. The molecule has 0 aliphatic carbocycles. The summed E-state index contributed by atoms with van der Waals surface area (Å²) < 4.78 is 71.1. The molecule has 4 rings (SSSR count). The van der Waals surface area contributed by atoms with Crippen molar-refractivity contribution in [1.29, 1.82) is 0 Å². The predicted octanol–water partition coefficient (Wildman–Crippen LogP) is 4.30. The molecule has 0 bridgehead atoms. The van der Waals surface area contributed by atoms with E-state index in [1.165, 1.54) is 24.3 Å². The number of benzene rings is 3. The predicted molar refractivity (Wildman–Crippen MR) is 181 cm³/mol. The molecule has 3 aromatic rings. The van der Waals surface area contributed by atoms with E-state index < -0.39 is 43.9 Å². The Labute approximate surface area is 276 Å². The molecule has 0 spiro atoms. The highest BCUT2D eigenvalue weighted by atomic mass is 35.5. The van der Waals surface area contributed by atoms with E-state index in [2.05, 4.69) is 25.0 Å². The molecule has 3 aromatic carbocycles. The third-order valence-corrected chi connectivity index (χ3v) is 8.66. The molecule has 1 aliphatic heterocycles. The zero-order chi connectivity index (χ0) is 32.6. The van der Waals surface area contributed by atoms with E-state index in [4.69, 9.17) is 4.74 Å². The van der Waals surface area contributed by atoms with Crippen LogP contribution in [-0.2, 0) is 31.4 Å². The number of nitrogens with one attached hydrogen (secondary N) is 4. The van der Waals surface area contributed by atoms with Gasteiger partial charge in [-0.3, -0.25) is 14.4 Å². The number of rotatable bonds is 14. The van der Waals surface area contributed by atoms with Crippen LogP contribution in [0.4, 0.5) is 15.8 Å². The van der Waals surface area contributed by atoms with E-state index in [0.29, 0.717) is 29.3 Å². The van der Waals surface area contributed by atoms with E-state index in [1.54, 1.807) is 24.3 Å². The summed E-state index contributed by atoms with van der Waals surface area (Å²) in [5, 5.41) is 6.18. The van der Waals surface area contributed by atoms with Crippen LogP contribution in [0.3, 0.4) is 0 Å². The van der Waals surface area contributed by atoms with Gasteiger partial charge >= 0.3 is 0 Å². The summed E-state index contributed by atoms with van der Waals surface area (Å²) in [4.78, 5) is 15.6. The van der Waals surface area contributed by atoms with Gasteiger partial charge in [0.1, 0.15) is 23.4 Å². The van der Waals surface area contributed by atoms with Gasteiger partial charge in [0.25, 0.3) is 0 Å². The van der Waals surface area contributed by atoms with Gasteiger partial charge in [0.2, 0.25) is 26.0 Å². The molecular weight excluding hydrogens is 657 g/mol. The summed E-state index contributed by atoms with van der Waals surface area (Å²) in [7, 11) is -6.91. The molecule has 0 aromatic heterocycles. The van der Waals surface area contributed by atoms with Gasteiger partial charge in [0.05, 0.1) is 12.5 Å². The van der Waals surface area contributed by atoms with Gasteiger partial charge < -0.3 is 15.4 Å². The van der Waals surface area contributed by atoms with Gasteiger partial charge in [-0.2, -0.15) is 0 Å². The van der Waals surface area contributed by atoms with Crippen LogP contribution < -0.4 is 24.8 Å². The number of carbonyl (C=O) groups is 1. The average Bonchev–Trinajstić information content (AvgIpc) is 2.97. The molecule has 2 unspecified atom stereocenters. The lowest BCUT2D eigenvalue weighted by Crippen LogP contribution is -2.59. The van der Waals surface area contributed by atoms with E-state index >= 15 is 0 Å². The van der Waals surface area contributed by atoms with Gasteiger partial charge in [-0.15, -0.1) is 12.4 Å². The Morgan fingerprint density at radius 1 is 0.870 bits per heavy atom. The van der Waals surface area contributed by atoms with Gasteiger partial charge in [0.15, 0.2) is 0 Å². The molecule has 15 heteroatoms. The van der Waals surface area contributed by atoms with Crippen molar-refractivity contribution < 1.29 is 30.8 Å². The smallest absolute Gasteiger partial charge is 0.243 e. The number of carbonyl (C=O) groups excluding carboxylic acids is 1. The molecule has 1 aliphatic rings. The van der Waals surface area contributed by atoms with E-state index in [-0.39, 0.29) is 18.4 Å². The van der Waals surface area contributed by atoms with Gasteiger partial charge in [0, 0.05) is 30.0 Å². The monoisotopic (exact) mass is 697 g/mol. The number of halogens is 2. The molecule has 252 valence electrons. The van der Waals surface area contributed by atoms with Gasteiger partial charge in [-0.1, -0.05) is 19.1 Å². The maximum absolute atomic E-state index is 13.3. The minimum atomic E-state index is -3.56. The van der Waals surface area contributed by atoms with Crippen molar-refractivity contribution in [2.75, 3.05) is 35.6 Å². The van der Waals surface area contributed by atoms with Crippen LogP contribution in [0.2, 0.25) is 0 Å². The largest absolute Gasteiger partial charge is 0.457 e. The number of piperidine rings is 1. The Morgan fingerprint density at radius 3 is 1.93 bits per heavy atom. The van der Waals surface area contributed by atoms with Crippen LogP contribution in [0.15, 0.2) is 72.8 Å². The van der Waals surface area contributed by atoms with Gasteiger partial charge in [-0.25, -0.2) is 25.9 Å². The highest BCUT2D eigenvalue weighted by molar-refractivity contribution is 7.92. The minimum absolute atomic E-state index is 0. The maximum atomic E-state index is 13.3. The van der Waals surface area contributed by atoms with Crippen LogP contribution in [0, 0.1) is 5.82 Å². The summed E-state index contributed by atoms with van der Waals surface area (Å²) in [5.41, 5.74) is 1.99. The Balaban J connectivity index is 0.00000576. The Morgan fingerprint density at radius 2 is 1.41 bits per heavy atom. The number of sulfonamides is 2. The fourth-order valence-corrected chi connectivity index (χ4v) is 6.58. The van der Waals surface area contributed by atoms with E-state index in [9.17, 15) is 26.0 Å². The van der Waals surface area contributed by atoms with Crippen molar-refractivity contribution >= 4 is 49.7 Å². The Hall–Kier alpha value is -3.27. The van der Waals surface area contributed by atoms with Crippen LogP contribution in [0.1, 0.15) is 31.7 Å². The molecule has 11 nitrogen and oxygen atoms in total. The topological polar surface area (TPSA) is 146 Å². The first-order chi connectivity index (χ1) is 21.3. The molecule has 1 heterocycles. The van der Waals surface area contributed by atoms with Crippen molar-refractivity contribution in [3.63, 3.8) is 0 Å². The van der Waals surface area contributed by atoms with E-state index in [1.807, 2.05) is 31.2 Å². The number of hydrogen-bond acceptors (Lipinski definition) is 8. The number of anilines is 2. The zero-order valence-corrected chi connectivity index (χ0v) is 28.4. The summed E-state index contributed by atoms with van der Waals surface area (Å²) in [6, 6.07) is 18.3. The number of amides is 1. The first kappa shape index (κ1) is 37.2. The lowest BCUT2D eigenvalue weighted by Gasteiger charge is -2.36. The maximum Gasteiger partial charge on any atom is 0.243 e.